The molecule has 1 aromatic rings. The molecule has 0 radical (unpaired) electrons. The minimum absolute atomic E-state index is 0.0733. The fourth-order valence-electron chi connectivity index (χ4n) is 1.51. The van der Waals surface area contributed by atoms with E-state index in [2.05, 4.69) is 24.1 Å². The van der Waals surface area contributed by atoms with Gasteiger partial charge in [0.05, 0.1) is 6.04 Å². The third-order valence-electron chi connectivity index (χ3n) is 2.26. The maximum absolute atomic E-state index is 12.0. The van der Waals surface area contributed by atoms with E-state index in [9.17, 15) is 4.79 Å². The van der Waals surface area contributed by atoms with Crippen molar-refractivity contribution in [1.82, 2.24) is 10.3 Å². The zero-order valence-corrected chi connectivity index (χ0v) is 9.00. The first kappa shape index (κ1) is 11.0. The van der Waals surface area contributed by atoms with Crippen LogP contribution in [0.25, 0.3) is 0 Å². The van der Waals surface area contributed by atoms with Crippen LogP contribution in [0, 0.1) is 5.92 Å². The van der Waals surface area contributed by atoms with E-state index < -0.39 is 0 Å². The predicted molar refractivity (Wildman–Crippen MR) is 57.4 cm³/mol. The average Bonchev–Trinajstić information content (AvgIpc) is 2.65. The smallest absolute Gasteiger partial charge is 0.181 e. The van der Waals surface area contributed by atoms with Crippen LogP contribution in [0.1, 0.15) is 31.1 Å². The number of nitrogens with one attached hydrogen (secondary N) is 2. The number of aromatic amines is 1. The topological polar surface area (TPSA) is 44.9 Å². The van der Waals surface area contributed by atoms with Crippen LogP contribution in [0.3, 0.4) is 0 Å². The van der Waals surface area contributed by atoms with E-state index in [0.717, 1.165) is 12.1 Å². The van der Waals surface area contributed by atoms with Gasteiger partial charge in [-0.15, -0.1) is 0 Å². The lowest BCUT2D eigenvalue weighted by molar-refractivity contribution is 0.0918. The summed E-state index contributed by atoms with van der Waals surface area (Å²) in [4.78, 5) is 14.9. The SMILES string of the molecule is CCNC(C(=O)c1cc[nH]c1)C(C)C. The van der Waals surface area contributed by atoms with Crippen LogP contribution in [0.2, 0.25) is 0 Å². The highest BCUT2D eigenvalue weighted by Crippen LogP contribution is 2.09. The van der Waals surface area contributed by atoms with Gasteiger partial charge in [-0.2, -0.15) is 0 Å². The molecule has 0 aliphatic carbocycles. The van der Waals surface area contributed by atoms with Crippen LogP contribution >= 0.6 is 0 Å². The molecule has 14 heavy (non-hydrogen) atoms. The maximum atomic E-state index is 12.0. The van der Waals surface area contributed by atoms with Crippen LogP contribution in [0.15, 0.2) is 18.5 Å². The molecule has 0 aliphatic rings. The zero-order chi connectivity index (χ0) is 10.6. The minimum Gasteiger partial charge on any atom is -0.367 e. The molecule has 0 bridgehead atoms. The molecule has 0 aromatic carbocycles. The highest BCUT2D eigenvalue weighted by Gasteiger charge is 2.22. The first-order valence-electron chi connectivity index (χ1n) is 5.07. The number of aromatic nitrogens is 1. The average molecular weight is 194 g/mol. The number of ketones is 1. The molecule has 0 saturated carbocycles. The third kappa shape index (κ3) is 2.45. The van der Waals surface area contributed by atoms with E-state index in [0.29, 0.717) is 5.92 Å². The van der Waals surface area contributed by atoms with E-state index in [4.69, 9.17) is 0 Å². The van der Waals surface area contributed by atoms with Gasteiger partial charge in [-0.25, -0.2) is 0 Å². The quantitative estimate of drug-likeness (QED) is 0.702. The Morgan fingerprint density at radius 1 is 1.57 bits per heavy atom. The number of likely N-dealkylation sites (N-methyl/N-ethyl adjacent to an activating group) is 1. The van der Waals surface area contributed by atoms with Crippen LogP contribution < -0.4 is 5.32 Å². The summed E-state index contributed by atoms with van der Waals surface area (Å²) in [5.41, 5.74) is 0.754. The van der Waals surface area contributed by atoms with Gasteiger partial charge < -0.3 is 10.3 Å². The molecular formula is C11H18N2O. The molecule has 3 heteroatoms. The highest BCUT2D eigenvalue weighted by molar-refractivity contribution is 6.00. The number of carbonyl (C=O) groups excluding carboxylic acids is 1. The highest BCUT2D eigenvalue weighted by atomic mass is 16.1. The summed E-state index contributed by atoms with van der Waals surface area (Å²) in [6, 6.07) is 1.74. The molecule has 0 fully saturated rings. The molecule has 1 heterocycles. The number of Topliss-reactive ketones (excluding diaryl/α,β-unsaturated/α-hetero) is 1. The first-order chi connectivity index (χ1) is 6.66. The van der Waals surface area contributed by atoms with Gasteiger partial charge in [-0.05, 0) is 18.5 Å². The van der Waals surface area contributed by atoms with Gasteiger partial charge >= 0.3 is 0 Å². The normalized spacial score (nSPS) is 13.1. The second-order valence-corrected chi connectivity index (χ2v) is 3.74. The Hall–Kier alpha value is -1.09. The Kier molecular flexibility index (Phi) is 3.89. The molecule has 1 unspecified atom stereocenters. The fraction of sp³-hybridized carbons (Fsp3) is 0.545. The Morgan fingerprint density at radius 2 is 2.29 bits per heavy atom. The Labute approximate surface area is 84.9 Å². The Bertz CT molecular complexity index is 277. The molecule has 0 aliphatic heterocycles. The summed E-state index contributed by atoms with van der Waals surface area (Å²) in [6.07, 6.45) is 3.52. The summed E-state index contributed by atoms with van der Waals surface area (Å²) in [6.45, 7) is 6.94. The van der Waals surface area contributed by atoms with Crippen LogP contribution in [-0.2, 0) is 0 Å². The van der Waals surface area contributed by atoms with Crippen molar-refractivity contribution in [1.29, 1.82) is 0 Å². The summed E-state index contributed by atoms with van der Waals surface area (Å²) < 4.78 is 0. The summed E-state index contributed by atoms with van der Waals surface area (Å²) >= 11 is 0. The van der Waals surface area contributed by atoms with Gasteiger partial charge in [0.2, 0.25) is 0 Å². The van der Waals surface area contributed by atoms with Gasteiger partial charge in [-0.3, -0.25) is 4.79 Å². The zero-order valence-electron chi connectivity index (χ0n) is 9.00. The Balaban J connectivity index is 2.74. The molecule has 0 amide bonds. The summed E-state index contributed by atoms with van der Waals surface area (Å²) in [7, 11) is 0. The van der Waals surface area contributed by atoms with Gasteiger partial charge in [0.1, 0.15) is 0 Å². The fourth-order valence-corrected chi connectivity index (χ4v) is 1.51. The molecule has 1 aromatic heterocycles. The number of hydrogen-bond acceptors (Lipinski definition) is 2. The van der Waals surface area contributed by atoms with Gasteiger partial charge in [0.25, 0.3) is 0 Å². The molecule has 2 N–H and O–H groups in total. The monoisotopic (exact) mass is 194 g/mol. The molecule has 1 rings (SSSR count). The standard InChI is InChI=1S/C11H18N2O/c1-4-13-10(8(2)3)11(14)9-5-6-12-7-9/h5-8,10,12-13H,4H2,1-3H3. The molecule has 1 atom stereocenters. The number of H-pyrrole nitrogens is 1. The van der Waals surface area contributed by atoms with Crippen LogP contribution in [0.4, 0.5) is 0 Å². The number of carbonyl (C=O) groups is 1. The lowest BCUT2D eigenvalue weighted by Crippen LogP contribution is -2.40. The van der Waals surface area contributed by atoms with Crippen molar-refractivity contribution in [3.63, 3.8) is 0 Å². The lowest BCUT2D eigenvalue weighted by atomic mass is 9.96. The van der Waals surface area contributed by atoms with Crippen molar-refractivity contribution < 1.29 is 4.79 Å². The summed E-state index contributed by atoms with van der Waals surface area (Å²) in [5.74, 6) is 0.487. The molecule has 0 saturated heterocycles. The van der Waals surface area contributed by atoms with E-state index in [-0.39, 0.29) is 11.8 Å². The van der Waals surface area contributed by atoms with E-state index in [1.807, 2.05) is 13.0 Å². The number of hydrogen-bond donors (Lipinski definition) is 2. The van der Waals surface area contributed by atoms with Gasteiger partial charge in [0.15, 0.2) is 5.78 Å². The second-order valence-electron chi connectivity index (χ2n) is 3.74. The van der Waals surface area contributed by atoms with E-state index in [1.165, 1.54) is 0 Å². The van der Waals surface area contributed by atoms with Gasteiger partial charge in [0, 0.05) is 18.0 Å². The number of rotatable bonds is 5. The molecule has 78 valence electrons. The van der Waals surface area contributed by atoms with Crippen molar-refractivity contribution in [2.75, 3.05) is 6.54 Å². The molecule has 3 nitrogen and oxygen atoms in total. The lowest BCUT2D eigenvalue weighted by Gasteiger charge is -2.19. The predicted octanol–water partition coefficient (Wildman–Crippen LogP) is 1.83. The largest absolute Gasteiger partial charge is 0.367 e. The maximum Gasteiger partial charge on any atom is 0.181 e. The molecule has 0 spiro atoms. The van der Waals surface area contributed by atoms with Gasteiger partial charge in [-0.1, -0.05) is 20.8 Å². The van der Waals surface area contributed by atoms with E-state index >= 15 is 0 Å². The van der Waals surface area contributed by atoms with E-state index in [1.54, 1.807) is 12.4 Å². The molecular weight excluding hydrogens is 176 g/mol. The first-order valence-corrected chi connectivity index (χ1v) is 5.07. The van der Waals surface area contributed by atoms with Crippen molar-refractivity contribution in [3.8, 4) is 0 Å². The van der Waals surface area contributed by atoms with Crippen molar-refractivity contribution in [2.45, 2.75) is 26.8 Å². The second kappa shape index (κ2) is 4.96. The van der Waals surface area contributed by atoms with Crippen LogP contribution in [0.5, 0.6) is 0 Å². The third-order valence-corrected chi connectivity index (χ3v) is 2.26. The van der Waals surface area contributed by atoms with Crippen molar-refractivity contribution in [2.24, 2.45) is 5.92 Å². The van der Waals surface area contributed by atoms with Crippen molar-refractivity contribution in [3.05, 3.63) is 24.0 Å². The Morgan fingerprint density at radius 3 is 2.71 bits per heavy atom. The summed E-state index contributed by atoms with van der Waals surface area (Å²) in [5, 5.41) is 3.21. The van der Waals surface area contributed by atoms with Crippen molar-refractivity contribution >= 4 is 5.78 Å². The van der Waals surface area contributed by atoms with Crippen LogP contribution in [-0.4, -0.2) is 23.4 Å². The minimum atomic E-state index is -0.0733.